The van der Waals surface area contributed by atoms with Gasteiger partial charge in [-0.2, -0.15) is 0 Å². The van der Waals surface area contributed by atoms with E-state index in [0.717, 1.165) is 11.0 Å². The summed E-state index contributed by atoms with van der Waals surface area (Å²) in [5.74, 6) is 0. The molecule has 0 saturated carbocycles. The van der Waals surface area contributed by atoms with E-state index in [2.05, 4.69) is 11.6 Å². The van der Waals surface area contributed by atoms with Crippen molar-refractivity contribution in [3.05, 3.63) is 42.2 Å². The fourth-order valence-corrected chi connectivity index (χ4v) is 1.60. The molecule has 0 fully saturated rings. The van der Waals surface area contributed by atoms with Crippen molar-refractivity contribution in [3.8, 4) is 0 Å². The maximum absolute atomic E-state index is 5.95. The molecule has 0 spiro atoms. The van der Waals surface area contributed by atoms with E-state index in [-0.39, 0.29) is 0 Å². The smallest absolute Gasteiger partial charge is 0.204 e. The standard InChI is InChI=1S/C10H9ClN2/c1-2-7-13-9-6-4-3-5-8(9)12-10(13)11/h2-6H,1,7H2. The van der Waals surface area contributed by atoms with E-state index in [4.69, 9.17) is 11.6 Å². The highest BCUT2D eigenvalue weighted by Crippen LogP contribution is 2.18. The summed E-state index contributed by atoms with van der Waals surface area (Å²) in [6.45, 7) is 4.37. The molecule has 0 saturated heterocycles. The number of hydrogen-bond donors (Lipinski definition) is 0. The van der Waals surface area contributed by atoms with Crippen LogP contribution in [0.25, 0.3) is 11.0 Å². The van der Waals surface area contributed by atoms with Crippen LogP contribution in [0.4, 0.5) is 0 Å². The van der Waals surface area contributed by atoms with Crippen molar-refractivity contribution in [2.75, 3.05) is 0 Å². The lowest BCUT2D eigenvalue weighted by Crippen LogP contribution is -1.93. The van der Waals surface area contributed by atoms with E-state index in [9.17, 15) is 0 Å². The van der Waals surface area contributed by atoms with Gasteiger partial charge in [-0.05, 0) is 23.7 Å². The highest BCUT2D eigenvalue weighted by molar-refractivity contribution is 6.29. The van der Waals surface area contributed by atoms with Gasteiger partial charge in [-0.25, -0.2) is 4.98 Å². The van der Waals surface area contributed by atoms with Gasteiger partial charge in [0.25, 0.3) is 0 Å². The molecule has 1 aromatic carbocycles. The average molecular weight is 193 g/mol. The molecule has 66 valence electrons. The molecular formula is C10H9ClN2. The van der Waals surface area contributed by atoms with Crippen LogP contribution in [-0.4, -0.2) is 9.55 Å². The molecule has 0 radical (unpaired) electrons. The molecule has 0 N–H and O–H groups in total. The molecule has 1 heterocycles. The monoisotopic (exact) mass is 192 g/mol. The molecule has 2 nitrogen and oxygen atoms in total. The van der Waals surface area contributed by atoms with Gasteiger partial charge < -0.3 is 4.57 Å². The molecule has 1 aromatic heterocycles. The van der Waals surface area contributed by atoms with Gasteiger partial charge in [-0.15, -0.1) is 6.58 Å². The molecule has 0 aliphatic heterocycles. The number of allylic oxidation sites excluding steroid dienone is 1. The lowest BCUT2D eigenvalue weighted by atomic mass is 10.3. The molecule has 13 heavy (non-hydrogen) atoms. The summed E-state index contributed by atoms with van der Waals surface area (Å²) in [5.41, 5.74) is 1.97. The van der Waals surface area contributed by atoms with Crippen LogP contribution < -0.4 is 0 Å². The fourth-order valence-electron chi connectivity index (χ4n) is 1.35. The van der Waals surface area contributed by atoms with Gasteiger partial charge in [0.2, 0.25) is 5.28 Å². The minimum atomic E-state index is 0.515. The van der Waals surface area contributed by atoms with E-state index >= 15 is 0 Å². The first-order chi connectivity index (χ1) is 6.33. The van der Waals surface area contributed by atoms with E-state index in [0.29, 0.717) is 11.8 Å². The van der Waals surface area contributed by atoms with Crippen LogP contribution in [0.5, 0.6) is 0 Å². The van der Waals surface area contributed by atoms with Gasteiger partial charge in [-0.3, -0.25) is 0 Å². The van der Waals surface area contributed by atoms with Crippen LogP contribution in [0.3, 0.4) is 0 Å². The topological polar surface area (TPSA) is 17.8 Å². The highest BCUT2D eigenvalue weighted by Gasteiger charge is 2.05. The number of nitrogens with zero attached hydrogens (tertiary/aromatic N) is 2. The van der Waals surface area contributed by atoms with E-state index in [1.807, 2.05) is 28.8 Å². The maximum atomic E-state index is 5.95. The van der Waals surface area contributed by atoms with Crippen LogP contribution in [-0.2, 0) is 6.54 Å². The number of rotatable bonds is 2. The number of imidazole rings is 1. The van der Waals surface area contributed by atoms with Crippen LogP contribution in [0.2, 0.25) is 5.28 Å². The first-order valence-corrected chi connectivity index (χ1v) is 4.42. The second kappa shape index (κ2) is 3.23. The second-order valence-electron chi connectivity index (χ2n) is 2.77. The normalized spacial score (nSPS) is 10.5. The van der Waals surface area contributed by atoms with Crippen LogP contribution >= 0.6 is 11.6 Å². The third kappa shape index (κ3) is 1.33. The molecule has 0 aliphatic carbocycles. The van der Waals surface area contributed by atoms with Crippen molar-refractivity contribution in [2.24, 2.45) is 0 Å². The molecule has 3 heteroatoms. The number of benzene rings is 1. The van der Waals surface area contributed by atoms with Gasteiger partial charge in [0.05, 0.1) is 11.0 Å². The SMILES string of the molecule is C=CCn1c(Cl)nc2ccccc21. The Balaban J connectivity index is 2.70. The van der Waals surface area contributed by atoms with Crippen molar-refractivity contribution in [1.29, 1.82) is 0 Å². The van der Waals surface area contributed by atoms with E-state index in [1.165, 1.54) is 0 Å². The maximum Gasteiger partial charge on any atom is 0.204 e. The van der Waals surface area contributed by atoms with Crippen molar-refractivity contribution in [3.63, 3.8) is 0 Å². The van der Waals surface area contributed by atoms with Crippen LogP contribution in [0, 0.1) is 0 Å². The lowest BCUT2D eigenvalue weighted by Gasteiger charge is -1.99. The van der Waals surface area contributed by atoms with Crippen molar-refractivity contribution in [2.45, 2.75) is 6.54 Å². The largest absolute Gasteiger partial charge is 0.311 e. The molecular weight excluding hydrogens is 184 g/mol. The van der Waals surface area contributed by atoms with E-state index in [1.54, 1.807) is 6.08 Å². The van der Waals surface area contributed by atoms with Gasteiger partial charge in [0.1, 0.15) is 0 Å². The summed E-state index contributed by atoms with van der Waals surface area (Å²) >= 11 is 5.95. The Morgan fingerprint density at radius 3 is 3.00 bits per heavy atom. The minimum absolute atomic E-state index is 0.515. The zero-order valence-electron chi connectivity index (χ0n) is 7.07. The summed E-state index contributed by atoms with van der Waals surface area (Å²) in [4.78, 5) is 4.21. The van der Waals surface area contributed by atoms with Crippen LogP contribution in [0.15, 0.2) is 36.9 Å². The lowest BCUT2D eigenvalue weighted by molar-refractivity contribution is 0.852. The number of fused-ring (bicyclic) bond motifs is 1. The Hall–Kier alpha value is -1.28. The van der Waals surface area contributed by atoms with Crippen molar-refractivity contribution >= 4 is 22.6 Å². The van der Waals surface area contributed by atoms with Crippen LogP contribution in [0.1, 0.15) is 0 Å². The summed E-state index contributed by atoms with van der Waals surface area (Å²) < 4.78 is 1.92. The predicted molar refractivity (Wildman–Crippen MR) is 54.9 cm³/mol. The van der Waals surface area contributed by atoms with Gasteiger partial charge in [0.15, 0.2) is 0 Å². The zero-order chi connectivity index (χ0) is 9.26. The first kappa shape index (κ1) is 8.32. The summed E-state index contributed by atoms with van der Waals surface area (Å²) in [6.07, 6.45) is 1.81. The molecule has 0 aliphatic rings. The van der Waals surface area contributed by atoms with Gasteiger partial charge in [0, 0.05) is 6.54 Å². The third-order valence-electron chi connectivity index (χ3n) is 1.92. The summed E-state index contributed by atoms with van der Waals surface area (Å²) in [6, 6.07) is 7.86. The Labute approximate surface area is 81.5 Å². The second-order valence-corrected chi connectivity index (χ2v) is 3.11. The van der Waals surface area contributed by atoms with Gasteiger partial charge in [-0.1, -0.05) is 18.2 Å². The third-order valence-corrected chi connectivity index (χ3v) is 2.21. The van der Waals surface area contributed by atoms with Gasteiger partial charge >= 0.3 is 0 Å². The molecule has 0 bridgehead atoms. The number of para-hydroxylation sites is 2. The Morgan fingerprint density at radius 2 is 2.23 bits per heavy atom. The molecule has 0 atom stereocenters. The van der Waals surface area contributed by atoms with Crippen molar-refractivity contribution < 1.29 is 0 Å². The predicted octanol–water partition coefficient (Wildman–Crippen LogP) is 2.88. The molecule has 2 rings (SSSR count). The molecule has 2 aromatic rings. The minimum Gasteiger partial charge on any atom is -0.311 e. The number of halogens is 1. The quantitative estimate of drug-likeness (QED) is 0.669. The Morgan fingerprint density at radius 1 is 1.46 bits per heavy atom. The number of hydrogen-bond acceptors (Lipinski definition) is 1. The number of aromatic nitrogens is 2. The summed E-state index contributed by atoms with van der Waals surface area (Å²) in [7, 11) is 0. The Kier molecular flexibility index (Phi) is 2.07. The Bertz CT molecular complexity index is 445. The highest BCUT2D eigenvalue weighted by atomic mass is 35.5. The average Bonchev–Trinajstić information content (AvgIpc) is 2.44. The van der Waals surface area contributed by atoms with E-state index < -0.39 is 0 Å². The zero-order valence-corrected chi connectivity index (χ0v) is 7.83. The molecule has 0 amide bonds. The summed E-state index contributed by atoms with van der Waals surface area (Å²) in [5, 5.41) is 0.515. The molecule has 0 unspecified atom stereocenters. The fraction of sp³-hybridized carbons (Fsp3) is 0.100. The first-order valence-electron chi connectivity index (χ1n) is 4.04. The van der Waals surface area contributed by atoms with Crippen molar-refractivity contribution in [1.82, 2.24) is 9.55 Å².